The van der Waals surface area contributed by atoms with Gasteiger partial charge in [-0.1, -0.05) is 149 Å². The second kappa shape index (κ2) is 22.4. The molecule has 0 spiro atoms. The predicted octanol–water partition coefficient (Wildman–Crippen LogP) is 10.6. The maximum Gasteiger partial charge on any atom is 0.0552 e. The van der Waals surface area contributed by atoms with Gasteiger partial charge in [0.2, 0.25) is 0 Å². The third-order valence-electron chi connectivity index (χ3n) is 6.11. The standard InChI is InChI=1S/C26H54S2/c1-3-5-7-9-11-13-14-15-16-17-19-21-23-25-26(27,28)24-22-20-18-12-10-8-6-4-2/h27-28H,3-25H2,1-2H3. The van der Waals surface area contributed by atoms with Crippen LogP contribution in [0, 0.1) is 0 Å². The van der Waals surface area contributed by atoms with Gasteiger partial charge in [-0.2, -0.15) is 25.3 Å². The van der Waals surface area contributed by atoms with Crippen molar-refractivity contribution in [3.05, 3.63) is 0 Å². The van der Waals surface area contributed by atoms with Crippen LogP contribution in [0.15, 0.2) is 0 Å². The minimum atomic E-state index is -0.0278. The Bertz CT molecular complexity index is 288. The van der Waals surface area contributed by atoms with Crippen LogP contribution in [-0.4, -0.2) is 4.08 Å². The molecule has 0 heterocycles. The molecule has 0 saturated heterocycles. The highest BCUT2D eigenvalue weighted by atomic mass is 32.2. The molecule has 0 unspecified atom stereocenters. The van der Waals surface area contributed by atoms with Crippen LogP contribution in [0.25, 0.3) is 0 Å². The maximum atomic E-state index is 4.83. The second-order valence-electron chi connectivity index (χ2n) is 9.20. The van der Waals surface area contributed by atoms with Crippen LogP contribution in [0.1, 0.15) is 162 Å². The quantitative estimate of drug-likeness (QED) is 0.0898. The van der Waals surface area contributed by atoms with Gasteiger partial charge in [0.15, 0.2) is 0 Å². The highest BCUT2D eigenvalue weighted by molar-refractivity contribution is 8.00. The van der Waals surface area contributed by atoms with E-state index in [0.29, 0.717) is 0 Å². The molecule has 0 aromatic carbocycles. The first kappa shape index (κ1) is 28.7. The van der Waals surface area contributed by atoms with Crippen molar-refractivity contribution in [1.29, 1.82) is 0 Å². The van der Waals surface area contributed by atoms with Crippen molar-refractivity contribution in [1.82, 2.24) is 0 Å². The van der Waals surface area contributed by atoms with Crippen LogP contribution in [0.5, 0.6) is 0 Å². The molecule has 0 aromatic rings. The number of thiol groups is 2. The molecule has 0 aliphatic carbocycles. The number of rotatable bonds is 23. The van der Waals surface area contributed by atoms with Crippen LogP contribution < -0.4 is 0 Å². The van der Waals surface area contributed by atoms with Crippen molar-refractivity contribution in [2.75, 3.05) is 0 Å². The second-order valence-corrected chi connectivity index (χ2v) is 11.3. The highest BCUT2D eigenvalue weighted by Gasteiger charge is 2.18. The van der Waals surface area contributed by atoms with Gasteiger partial charge in [0.1, 0.15) is 0 Å². The summed E-state index contributed by atoms with van der Waals surface area (Å²) in [5.41, 5.74) is 0. The van der Waals surface area contributed by atoms with E-state index >= 15 is 0 Å². The average Bonchev–Trinajstić information content (AvgIpc) is 2.67. The summed E-state index contributed by atoms with van der Waals surface area (Å²) in [6.45, 7) is 4.58. The lowest BCUT2D eigenvalue weighted by molar-refractivity contribution is 0.513. The summed E-state index contributed by atoms with van der Waals surface area (Å²) in [7, 11) is 0. The molecule has 0 fully saturated rings. The molecular weight excluding hydrogens is 376 g/mol. The summed E-state index contributed by atoms with van der Waals surface area (Å²) in [4.78, 5) is 0. The Kier molecular flexibility index (Phi) is 22.9. The van der Waals surface area contributed by atoms with Crippen LogP contribution in [0.3, 0.4) is 0 Å². The first-order valence-corrected chi connectivity index (χ1v) is 14.0. The van der Waals surface area contributed by atoms with E-state index in [4.69, 9.17) is 25.3 Å². The molecule has 0 N–H and O–H groups in total. The lowest BCUT2D eigenvalue weighted by atomic mass is 10.0. The molecule has 28 heavy (non-hydrogen) atoms. The largest absolute Gasteiger partial charge is 0.162 e. The Labute approximate surface area is 190 Å². The van der Waals surface area contributed by atoms with E-state index in [2.05, 4.69) is 13.8 Å². The van der Waals surface area contributed by atoms with Crippen molar-refractivity contribution in [2.24, 2.45) is 0 Å². The molecule has 2 heteroatoms. The van der Waals surface area contributed by atoms with E-state index < -0.39 is 0 Å². The van der Waals surface area contributed by atoms with Crippen LogP contribution in [0.2, 0.25) is 0 Å². The van der Waals surface area contributed by atoms with Crippen molar-refractivity contribution < 1.29 is 0 Å². The summed E-state index contributed by atoms with van der Waals surface area (Å²) < 4.78 is -0.0278. The zero-order valence-electron chi connectivity index (χ0n) is 19.7. The van der Waals surface area contributed by atoms with E-state index in [9.17, 15) is 0 Å². The Balaban J connectivity index is 3.28. The topological polar surface area (TPSA) is 0 Å². The summed E-state index contributed by atoms with van der Waals surface area (Å²) in [5.74, 6) is 0. The minimum Gasteiger partial charge on any atom is -0.162 e. The van der Waals surface area contributed by atoms with Crippen molar-refractivity contribution in [3.63, 3.8) is 0 Å². The fourth-order valence-corrected chi connectivity index (χ4v) is 4.73. The number of unbranched alkanes of at least 4 members (excludes halogenated alkanes) is 19. The SMILES string of the molecule is CCCCCCCCCCCCCCCC(S)(S)CCCCCCCCCC. The van der Waals surface area contributed by atoms with Gasteiger partial charge in [0.25, 0.3) is 0 Å². The minimum absolute atomic E-state index is 0.0278. The lowest BCUT2D eigenvalue weighted by Crippen LogP contribution is -2.12. The number of hydrogen-bond donors (Lipinski definition) is 2. The average molecular weight is 431 g/mol. The van der Waals surface area contributed by atoms with E-state index in [1.54, 1.807) is 0 Å². The van der Waals surface area contributed by atoms with E-state index in [1.807, 2.05) is 0 Å². The molecule has 0 bridgehead atoms. The maximum absolute atomic E-state index is 4.83. The third-order valence-corrected chi connectivity index (χ3v) is 7.01. The first-order chi connectivity index (χ1) is 13.6. The van der Waals surface area contributed by atoms with Crippen molar-refractivity contribution in [2.45, 2.75) is 166 Å². The van der Waals surface area contributed by atoms with Gasteiger partial charge in [-0.3, -0.25) is 0 Å². The van der Waals surface area contributed by atoms with Crippen LogP contribution >= 0.6 is 25.3 Å². The molecule has 0 amide bonds. The van der Waals surface area contributed by atoms with Crippen LogP contribution in [0.4, 0.5) is 0 Å². The van der Waals surface area contributed by atoms with Gasteiger partial charge in [-0.05, 0) is 12.8 Å². The van der Waals surface area contributed by atoms with E-state index in [1.165, 1.54) is 148 Å². The molecule has 0 aliphatic rings. The zero-order valence-corrected chi connectivity index (χ0v) is 21.4. The van der Waals surface area contributed by atoms with Gasteiger partial charge in [0.05, 0.1) is 4.08 Å². The molecule has 0 radical (unpaired) electrons. The molecule has 0 aliphatic heterocycles. The Hall–Kier alpha value is 0.700. The fraction of sp³-hybridized carbons (Fsp3) is 1.00. The zero-order chi connectivity index (χ0) is 20.8. The van der Waals surface area contributed by atoms with E-state index in [-0.39, 0.29) is 4.08 Å². The summed E-state index contributed by atoms with van der Waals surface area (Å²) in [6.07, 6.45) is 32.0. The summed E-state index contributed by atoms with van der Waals surface area (Å²) >= 11 is 9.67. The molecule has 170 valence electrons. The lowest BCUT2D eigenvalue weighted by Gasteiger charge is -2.22. The monoisotopic (exact) mass is 430 g/mol. The van der Waals surface area contributed by atoms with Crippen molar-refractivity contribution in [3.8, 4) is 0 Å². The smallest absolute Gasteiger partial charge is 0.0552 e. The Morgan fingerprint density at radius 2 is 0.571 bits per heavy atom. The van der Waals surface area contributed by atoms with E-state index in [0.717, 1.165) is 0 Å². The summed E-state index contributed by atoms with van der Waals surface area (Å²) in [5, 5.41) is 0. The number of hydrogen-bond acceptors (Lipinski definition) is 2. The fourth-order valence-electron chi connectivity index (χ4n) is 4.09. The van der Waals surface area contributed by atoms with Gasteiger partial charge >= 0.3 is 0 Å². The molecule has 0 atom stereocenters. The Morgan fingerprint density at radius 3 is 0.821 bits per heavy atom. The van der Waals surface area contributed by atoms with Crippen LogP contribution in [-0.2, 0) is 0 Å². The van der Waals surface area contributed by atoms with Crippen molar-refractivity contribution >= 4 is 25.3 Å². The Morgan fingerprint density at radius 1 is 0.357 bits per heavy atom. The molecule has 0 nitrogen and oxygen atoms in total. The molecular formula is C26H54S2. The van der Waals surface area contributed by atoms with Gasteiger partial charge in [-0.25, -0.2) is 0 Å². The van der Waals surface area contributed by atoms with Gasteiger partial charge in [-0.15, -0.1) is 0 Å². The highest BCUT2D eigenvalue weighted by Crippen LogP contribution is 2.33. The van der Waals surface area contributed by atoms with Gasteiger partial charge in [0, 0.05) is 0 Å². The van der Waals surface area contributed by atoms with Gasteiger partial charge < -0.3 is 0 Å². The normalized spacial score (nSPS) is 12.0. The third kappa shape index (κ3) is 23.0. The molecule has 0 rings (SSSR count). The summed E-state index contributed by atoms with van der Waals surface area (Å²) in [6, 6.07) is 0. The predicted molar refractivity (Wildman–Crippen MR) is 138 cm³/mol. The molecule has 0 aromatic heterocycles. The molecule has 0 saturated carbocycles. The first-order valence-electron chi connectivity index (χ1n) is 13.1.